The molecule has 0 radical (unpaired) electrons. The van der Waals surface area contributed by atoms with E-state index in [1.807, 2.05) is 0 Å². The minimum Gasteiger partial charge on any atom is -0.481 e. The van der Waals surface area contributed by atoms with Gasteiger partial charge in [0.2, 0.25) is 5.91 Å². The van der Waals surface area contributed by atoms with Crippen molar-refractivity contribution in [2.24, 2.45) is 0 Å². The molecule has 2 aromatic rings. The van der Waals surface area contributed by atoms with Gasteiger partial charge in [-0.25, -0.2) is 0 Å². The normalized spacial score (nSPS) is 10.2. The van der Waals surface area contributed by atoms with Crippen LogP contribution < -0.4 is 5.32 Å². The van der Waals surface area contributed by atoms with Gasteiger partial charge in [0.15, 0.2) is 0 Å². The summed E-state index contributed by atoms with van der Waals surface area (Å²) in [5, 5.41) is 15.0. The second-order valence-electron chi connectivity index (χ2n) is 4.31. The molecule has 0 aliphatic rings. The number of carbonyl (C=O) groups is 2. The summed E-state index contributed by atoms with van der Waals surface area (Å²) >= 11 is 0. The summed E-state index contributed by atoms with van der Waals surface area (Å²) in [7, 11) is 0. The summed E-state index contributed by atoms with van der Waals surface area (Å²) in [6.07, 6.45) is 2.14. The second kappa shape index (κ2) is 6.51. The third kappa shape index (κ3) is 4.24. The van der Waals surface area contributed by atoms with Crippen molar-refractivity contribution in [3.05, 3.63) is 47.9 Å². The van der Waals surface area contributed by atoms with Crippen LogP contribution >= 0.6 is 0 Å². The number of aliphatic carboxylic acids is 1. The van der Waals surface area contributed by atoms with Gasteiger partial charge in [0, 0.05) is 18.2 Å². The summed E-state index contributed by atoms with van der Waals surface area (Å²) in [5.74, 6) is -1.01. The Kier molecular flexibility index (Phi) is 4.49. The molecule has 0 unspecified atom stereocenters. The Labute approximate surface area is 115 Å². The molecule has 0 saturated carbocycles. The van der Waals surface area contributed by atoms with Crippen LogP contribution in [0, 0.1) is 0 Å². The maximum atomic E-state index is 11.7. The summed E-state index contributed by atoms with van der Waals surface area (Å²) in [6, 6.07) is 8.73. The number of anilines is 1. The summed E-state index contributed by atoms with van der Waals surface area (Å²) in [6.45, 7) is 0. The first-order chi connectivity index (χ1) is 9.63. The molecule has 0 fully saturated rings. The minimum atomic E-state index is -0.824. The lowest BCUT2D eigenvalue weighted by atomic mass is 10.1. The largest absolute Gasteiger partial charge is 0.481 e. The number of carboxylic acids is 1. The Morgan fingerprint density at radius 1 is 1.20 bits per heavy atom. The van der Waals surface area contributed by atoms with Crippen molar-refractivity contribution in [3.63, 3.8) is 0 Å². The number of aromatic nitrogens is 1. The fourth-order valence-electron chi connectivity index (χ4n) is 1.70. The maximum absolute atomic E-state index is 11.7. The lowest BCUT2D eigenvalue weighted by Gasteiger charge is -2.05. The van der Waals surface area contributed by atoms with Crippen molar-refractivity contribution in [3.8, 4) is 0 Å². The van der Waals surface area contributed by atoms with E-state index in [4.69, 9.17) is 5.11 Å². The maximum Gasteiger partial charge on any atom is 0.303 e. The molecular weight excluding hydrogens is 260 g/mol. The van der Waals surface area contributed by atoms with Crippen LogP contribution in [0.3, 0.4) is 0 Å². The fourth-order valence-corrected chi connectivity index (χ4v) is 1.70. The van der Waals surface area contributed by atoms with Crippen LogP contribution in [0.2, 0.25) is 0 Å². The monoisotopic (exact) mass is 274 g/mol. The molecule has 6 nitrogen and oxygen atoms in total. The van der Waals surface area contributed by atoms with Gasteiger partial charge in [-0.05, 0) is 24.1 Å². The average Bonchev–Trinajstić information content (AvgIpc) is 2.90. The Hall–Kier alpha value is -2.63. The molecular formula is C14H14N2O4. The number of hydrogen-bond acceptors (Lipinski definition) is 4. The number of benzene rings is 1. The number of nitrogens with one attached hydrogen (secondary N) is 1. The summed E-state index contributed by atoms with van der Waals surface area (Å²) in [4.78, 5) is 22.2. The molecule has 1 aromatic carbocycles. The van der Waals surface area contributed by atoms with E-state index in [0.717, 1.165) is 5.56 Å². The zero-order valence-corrected chi connectivity index (χ0v) is 10.7. The molecule has 1 heterocycles. The standard InChI is InChI=1S/C14H14N2O4/c17-13(9-12-7-8-20-16-12)15-11-4-1-10(2-5-11)3-6-14(18)19/h1-2,4-5,7-8H,3,6,9H2,(H,15,17)(H,18,19). The first-order valence-electron chi connectivity index (χ1n) is 6.13. The van der Waals surface area contributed by atoms with E-state index in [1.165, 1.54) is 6.26 Å². The van der Waals surface area contributed by atoms with E-state index in [1.54, 1.807) is 30.3 Å². The number of carboxylic acid groups (broad SMARTS) is 1. The van der Waals surface area contributed by atoms with Crippen LogP contribution in [0.15, 0.2) is 41.1 Å². The molecule has 1 aromatic heterocycles. The van der Waals surface area contributed by atoms with E-state index in [-0.39, 0.29) is 18.7 Å². The molecule has 2 rings (SSSR count). The minimum absolute atomic E-state index is 0.0951. The molecule has 0 spiro atoms. The number of nitrogens with zero attached hydrogens (tertiary/aromatic N) is 1. The smallest absolute Gasteiger partial charge is 0.303 e. The number of amides is 1. The predicted octanol–water partition coefficient (Wildman–Crippen LogP) is 1.87. The number of carbonyl (C=O) groups excluding carboxylic acids is 1. The van der Waals surface area contributed by atoms with Gasteiger partial charge < -0.3 is 14.9 Å². The topological polar surface area (TPSA) is 92.4 Å². The highest BCUT2D eigenvalue weighted by Gasteiger charge is 2.06. The molecule has 6 heteroatoms. The van der Waals surface area contributed by atoms with Gasteiger partial charge in [-0.1, -0.05) is 17.3 Å². The van der Waals surface area contributed by atoms with Gasteiger partial charge in [0.25, 0.3) is 0 Å². The van der Waals surface area contributed by atoms with E-state index in [0.29, 0.717) is 17.8 Å². The lowest BCUT2D eigenvalue weighted by molar-refractivity contribution is -0.137. The zero-order chi connectivity index (χ0) is 14.4. The molecule has 20 heavy (non-hydrogen) atoms. The highest BCUT2D eigenvalue weighted by atomic mass is 16.5. The Balaban J connectivity index is 1.86. The van der Waals surface area contributed by atoms with Gasteiger partial charge in [-0.2, -0.15) is 0 Å². The van der Waals surface area contributed by atoms with Crippen molar-refractivity contribution in [2.45, 2.75) is 19.3 Å². The first kappa shape index (κ1) is 13.8. The first-order valence-corrected chi connectivity index (χ1v) is 6.13. The predicted molar refractivity (Wildman–Crippen MR) is 71.2 cm³/mol. The van der Waals surface area contributed by atoms with Gasteiger partial charge in [-0.3, -0.25) is 9.59 Å². The SMILES string of the molecule is O=C(O)CCc1ccc(NC(=O)Cc2ccon2)cc1. The van der Waals surface area contributed by atoms with Gasteiger partial charge >= 0.3 is 5.97 Å². The van der Waals surface area contributed by atoms with E-state index >= 15 is 0 Å². The van der Waals surface area contributed by atoms with Gasteiger partial charge in [0.1, 0.15) is 6.26 Å². The quantitative estimate of drug-likeness (QED) is 0.838. The third-order valence-electron chi connectivity index (χ3n) is 2.70. The zero-order valence-electron chi connectivity index (χ0n) is 10.7. The molecule has 0 saturated heterocycles. The second-order valence-corrected chi connectivity index (χ2v) is 4.31. The van der Waals surface area contributed by atoms with Gasteiger partial charge in [-0.15, -0.1) is 0 Å². The number of hydrogen-bond donors (Lipinski definition) is 2. The van der Waals surface area contributed by atoms with Crippen molar-refractivity contribution < 1.29 is 19.2 Å². The van der Waals surface area contributed by atoms with Crippen LogP contribution in [0.1, 0.15) is 17.7 Å². The molecule has 0 aliphatic carbocycles. The van der Waals surface area contributed by atoms with E-state index < -0.39 is 5.97 Å². The third-order valence-corrected chi connectivity index (χ3v) is 2.70. The molecule has 104 valence electrons. The summed E-state index contributed by atoms with van der Waals surface area (Å²) in [5.41, 5.74) is 2.15. The van der Waals surface area contributed by atoms with Crippen molar-refractivity contribution in [1.82, 2.24) is 5.16 Å². The van der Waals surface area contributed by atoms with Crippen molar-refractivity contribution in [2.75, 3.05) is 5.32 Å². The van der Waals surface area contributed by atoms with Crippen molar-refractivity contribution in [1.29, 1.82) is 0 Å². The molecule has 2 N–H and O–H groups in total. The lowest BCUT2D eigenvalue weighted by Crippen LogP contribution is -2.14. The van der Waals surface area contributed by atoms with E-state index in [2.05, 4.69) is 15.0 Å². The van der Waals surface area contributed by atoms with Crippen LogP contribution in [-0.4, -0.2) is 22.1 Å². The van der Waals surface area contributed by atoms with Gasteiger partial charge in [0.05, 0.1) is 12.1 Å². The Bertz CT molecular complexity index is 576. The van der Waals surface area contributed by atoms with Crippen molar-refractivity contribution >= 4 is 17.6 Å². The highest BCUT2D eigenvalue weighted by molar-refractivity contribution is 5.91. The highest BCUT2D eigenvalue weighted by Crippen LogP contribution is 2.11. The average molecular weight is 274 g/mol. The molecule has 0 bridgehead atoms. The summed E-state index contributed by atoms with van der Waals surface area (Å²) < 4.78 is 4.65. The molecule has 0 aliphatic heterocycles. The Morgan fingerprint density at radius 3 is 2.55 bits per heavy atom. The number of aryl methyl sites for hydroxylation is 1. The molecule has 0 atom stereocenters. The van der Waals surface area contributed by atoms with Crippen LogP contribution in [0.25, 0.3) is 0 Å². The molecule has 1 amide bonds. The Morgan fingerprint density at radius 2 is 1.95 bits per heavy atom. The van der Waals surface area contributed by atoms with Crippen LogP contribution in [-0.2, 0) is 22.4 Å². The fraction of sp³-hybridized carbons (Fsp3) is 0.214. The number of rotatable bonds is 6. The van der Waals surface area contributed by atoms with E-state index in [9.17, 15) is 9.59 Å². The van der Waals surface area contributed by atoms with Crippen LogP contribution in [0.4, 0.5) is 5.69 Å². The van der Waals surface area contributed by atoms with Crippen LogP contribution in [0.5, 0.6) is 0 Å².